The lowest BCUT2D eigenvalue weighted by atomic mass is 9.99. The highest BCUT2D eigenvalue weighted by atomic mass is 32.1. The van der Waals surface area contributed by atoms with Crippen LogP contribution in [0, 0.1) is 11.7 Å². The van der Waals surface area contributed by atoms with E-state index in [1.54, 1.807) is 25.5 Å². The summed E-state index contributed by atoms with van der Waals surface area (Å²) in [7, 11) is 1.59. The number of hydrogen-bond acceptors (Lipinski definition) is 10. The van der Waals surface area contributed by atoms with Gasteiger partial charge in [0.25, 0.3) is 11.1 Å². The molecule has 5 aromatic rings. The van der Waals surface area contributed by atoms with Crippen molar-refractivity contribution in [3.05, 3.63) is 91.5 Å². The van der Waals surface area contributed by atoms with Gasteiger partial charge in [-0.25, -0.2) is 9.37 Å². The molecule has 11 nitrogen and oxygen atoms in total. The summed E-state index contributed by atoms with van der Waals surface area (Å²) in [5.74, 6) is 0.330. The largest absolute Gasteiger partial charge is 0.378 e. The molecule has 1 aromatic carbocycles. The summed E-state index contributed by atoms with van der Waals surface area (Å²) in [5.41, 5.74) is 2.38. The van der Waals surface area contributed by atoms with Gasteiger partial charge in [-0.2, -0.15) is 9.78 Å². The molecule has 1 N–H and O–H groups in total. The van der Waals surface area contributed by atoms with E-state index in [0.717, 1.165) is 73.1 Å². The fourth-order valence-corrected chi connectivity index (χ4v) is 8.77. The number of fused-ring (bicyclic) bond motifs is 3. The zero-order valence-corrected chi connectivity index (χ0v) is 28.3. The first-order chi connectivity index (χ1) is 23.7. The van der Waals surface area contributed by atoms with Gasteiger partial charge in [0.2, 0.25) is 0 Å². The maximum atomic E-state index is 15.3. The monoisotopic (exact) mass is 681 g/mol. The number of benzene rings is 1. The Hall–Kier alpha value is -4.72. The van der Waals surface area contributed by atoms with E-state index >= 15 is 4.39 Å². The van der Waals surface area contributed by atoms with E-state index in [9.17, 15) is 14.4 Å². The molecule has 0 saturated carbocycles. The summed E-state index contributed by atoms with van der Waals surface area (Å²) < 4.78 is 23.7. The molecule has 2 unspecified atom stereocenters. The molecular formula is C36H36FN7O4S. The molecule has 6 heterocycles. The van der Waals surface area contributed by atoms with Gasteiger partial charge in [0.1, 0.15) is 22.0 Å². The van der Waals surface area contributed by atoms with Crippen molar-refractivity contribution in [1.82, 2.24) is 24.2 Å². The van der Waals surface area contributed by atoms with Gasteiger partial charge in [-0.15, -0.1) is 11.3 Å². The van der Waals surface area contributed by atoms with E-state index in [0.29, 0.717) is 40.4 Å². The van der Waals surface area contributed by atoms with E-state index in [2.05, 4.69) is 39.0 Å². The number of nitrogens with zero attached hydrogens (tertiary/aromatic N) is 6. The molecule has 0 amide bonds. The zero-order chi connectivity index (χ0) is 34.0. The van der Waals surface area contributed by atoms with Gasteiger partial charge in [0, 0.05) is 66.4 Å². The predicted octanol–water partition coefficient (Wildman–Crippen LogP) is 4.55. The third-order valence-corrected chi connectivity index (χ3v) is 11.3. The van der Waals surface area contributed by atoms with Crippen LogP contribution in [0.15, 0.2) is 58.5 Å². The van der Waals surface area contributed by atoms with Crippen molar-refractivity contribution >= 4 is 44.9 Å². The molecule has 2 fully saturated rings. The average Bonchev–Trinajstić information content (AvgIpc) is 3.59. The number of aromatic nitrogens is 4. The number of halogens is 1. The van der Waals surface area contributed by atoms with Crippen molar-refractivity contribution in [2.24, 2.45) is 13.0 Å². The van der Waals surface area contributed by atoms with Crippen LogP contribution in [0.4, 0.5) is 21.6 Å². The van der Waals surface area contributed by atoms with Gasteiger partial charge < -0.3 is 19.5 Å². The van der Waals surface area contributed by atoms with Crippen LogP contribution in [0.2, 0.25) is 0 Å². The third-order valence-electron chi connectivity index (χ3n) is 10.0. The molecule has 13 heteroatoms. The molecular weight excluding hydrogens is 646 g/mol. The Morgan fingerprint density at radius 3 is 2.61 bits per heavy atom. The summed E-state index contributed by atoms with van der Waals surface area (Å²) >= 11 is 1.45. The van der Waals surface area contributed by atoms with Gasteiger partial charge in [-0.05, 0) is 61.1 Å². The van der Waals surface area contributed by atoms with E-state index < -0.39 is 11.4 Å². The van der Waals surface area contributed by atoms with Crippen LogP contribution >= 0.6 is 11.3 Å². The van der Waals surface area contributed by atoms with Gasteiger partial charge in [-0.1, -0.05) is 6.92 Å². The third kappa shape index (κ3) is 5.55. The summed E-state index contributed by atoms with van der Waals surface area (Å²) in [6.07, 6.45) is 7.37. The number of aldehydes is 1. The summed E-state index contributed by atoms with van der Waals surface area (Å²) in [4.78, 5) is 50.2. The van der Waals surface area contributed by atoms with Crippen LogP contribution in [0.5, 0.6) is 0 Å². The van der Waals surface area contributed by atoms with E-state index in [1.807, 2.05) is 12.1 Å². The molecule has 49 heavy (non-hydrogen) atoms. The van der Waals surface area contributed by atoms with Crippen LogP contribution in [0.25, 0.3) is 26.9 Å². The second kappa shape index (κ2) is 12.3. The first-order valence-electron chi connectivity index (χ1n) is 16.5. The molecule has 8 rings (SSSR count). The normalized spacial score (nSPS) is 19.6. The van der Waals surface area contributed by atoms with Crippen molar-refractivity contribution in [3.63, 3.8) is 0 Å². The molecule has 1 aliphatic carbocycles. The zero-order valence-electron chi connectivity index (χ0n) is 27.5. The van der Waals surface area contributed by atoms with E-state index in [1.165, 1.54) is 33.0 Å². The van der Waals surface area contributed by atoms with Crippen LogP contribution < -0.4 is 21.3 Å². The number of anilines is 3. The first-order valence-corrected chi connectivity index (χ1v) is 17.3. The molecule has 2 atom stereocenters. The van der Waals surface area contributed by atoms with Crippen molar-refractivity contribution in [2.45, 2.75) is 38.8 Å². The topological polar surface area (TPSA) is 115 Å². The number of aryl methyl sites for hydroxylation is 1. The second-order valence-electron chi connectivity index (χ2n) is 13.4. The van der Waals surface area contributed by atoms with Crippen molar-refractivity contribution in [3.8, 4) is 16.8 Å². The van der Waals surface area contributed by atoms with Crippen LogP contribution in [-0.2, 0) is 24.6 Å². The Morgan fingerprint density at radius 1 is 1.06 bits per heavy atom. The lowest BCUT2D eigenvalue weighted by Gasteiger charge is -2.46. The Bertz CT molecular complexity index is 2230. The minimum Gasteiger partial charge on any atom is -0.378 e. The van der Waals surface area contributed by atoms with Gasteiger partial charge >= 0.3 is 0 Å². The first kappa shape index (κ1) is 31.5. The predicted molar refractivity (Wildman–Crippen MR) is 188 cm³/mol. The fourth-order valence-electron chi connectivity index (χ4n) is 7.38. The minimum atomic E-state index is -0.649. The lowest BCUT2D eigenvalue weighted by molar-refractivity contribution is -0.0691. The second-order valence-corrected chi connectivity index (χ2v) is 14.5. The summed E-state index contributed by atoms with van der Waals surface area (Å²) in [6.45, 7) is 8.79. The number of carbonyl (C=O) groups excluding carboxylic acids is 1. The number of rotatable bonds is 7. The molecule has 4 aromatic heterocycles. The average molecular weight is 682 g/mol. The highest BCUT2D eigenvalue weighted by Crippen LogP contribution is 2.38. The fraction of sp³-hybridized carbons (Fsp3) is 0.361. The molecule has 3 aliphatic rings. The molecule has 0 spiro atoms. The Balaban J connectivity index is 1.10. The van der Waals surface area contributed by atoms with Crippen molar-refractivity contribution in [1.29, 1.82) is 0 Å². The number of pyridine rings is 2. The van der Waals surface area contributed by atoms with Crippen molar-refractivity contribution in [2.75, 3.05) is 43.1 Å². The summed E-state index contributed by atoms with van der Waals surface area (Å²) in [5, 5.41) is 8.34. The number of carbonyl (C=O) groups is 1. The molecule has 0 radical (unpaired) electrons. The lowest BCUT2D eigenvalue weighted by Crippen LogP contribution is -2.59. The SMILES string of the molecule is CC1Cc2sc3c(=O)n(-c4cc(F)cc(-c5cc(Nc6ccc(N7CCN(C8COC8)CC7C)cn6)c(=O)n(C)c5)c4C=O)ncc3c2C1. The van der Waals surface area contributed by atoms with Gasteiger partial charge in [-0.3, -0.25) is 19.3 Å². The number of piperazine rings is 1. The maximum Gasteiger partial charge on any atom is 0.289 e. The number of nitrogens with one attached hydrogen (secondary N) is 1. The molecule has 2 aliphatic heterocycles. The van der Waals surface area contributed by atoms with Gasteiger partial charge in [0.05, 0.1) is 43.0 Å². The van der Waals surface area contributed by atoms with E-state index in [-0.39, 0.29) is 28.1 Å². The number of ether oxygens (including phenoxy) is 1. The number of hydrogen-bond donors (Lipinski definition) is 1. The Kier molecular flexibility index (Phi) is 7.92. The smallest absolute Gasteiger partial charge is 0.289 e. The highest BCUT2D eigenvalue weighted by molar-refractivity contribution is 7.19. The quantitative estimate of drug-likeness (QED) is 0.247. The molecule has 0 bridgehead atoms. The number of thiophene rings is 1. The highest BCUT2D eigenvalue weighted by Gasteiger charge is 2.32. The Morgan fingerprint density at radius 2 is 1.90 bits per heavy atom. The molecule has 2 saturated heterocycles. The Labute approximate surface area is 285 Å². The standard InChI is InChI=1S/C36H36FN7O4S/c1-20-8-27-28-14-39-44(36(47)34(28)49-32(27)9-20)31-12-23(37)11-26(29(31)17-45)22-10-30(35(46)41(3)16-22)40-33-5-4-24(13-38-33)43-7-6-42(15-21(43)2)25-18-48-19-25/h4-5,10-14,16-17,20-21,25H,6-9,15,18-19H2,1-3H3,(H,38,40). The minimum absolute atomic E-state index is 0.0375. The van der Waals surface area contributed by atoms with Crippen LogP contribution in [0.1, 0.15) is 34.6 Å². The van der Waals surface area contributed by atoms with Crippen LogP contribution in [-0.4, -0.2) is 75.4 Å². The maximum absolute atomic E-state index is 15.3. The summed E-state index contributed by atoms with van der Waals surface area (Å²) in [6, 6.07) is 8.57. The molecule has 252 valence electrons. The van der Waals surface area contributed by atoms with Crippen LogP contribution in [0.3, 0.4) is 0 Å². The van der Waals surface area contributed by atoms with Crippen molar-refractivity contribution < 1.29 is 13.9 Å². The van der Waals surface area contributed by atoms with Gasteiger partial charge in [0.15, 0.2) is 6.29 Å². The van der Waals surface area contributed by atoms with E-state index in [4.69, 9.17) is 4.74 Å².